The van der Waals surface area contributed by atoms with Crippen LogP contribution in [0.2, 0.25) is 0 Å². The molecule has 1 aromatic rings. The number of carbonyl (C=O) groups is 1. The molecule has 0 saturated carbocycles. The molecule has 24 heavy (non-hydrogen) atoms. The van der Waals surface area contributed by atoms with Gasteiger partial charge in [-0.15, -0.1) is 0 Å². The van der Waals surface area contributed by atoms with Gasteiger partial charge in [0, 0.05) is 5.70 Å². The van der Waals surface area contributed by atoms with Crippen LogP contribution in [-0.2, 0) is 15.7 Å². The molecule has 1 unspecified atom stereocenters. The van der Waals surface area contributed by atoms with Gasteiger partial charge in [0.05, 0.1) is 35.8 Å². The molecule has 0 aromatic heterocycles. The number of nitriles is 1. The van der Waals surface area contributed by atoms with Crippen LogP contribution in [0.3, 0.4) is 0 Å². The molecule has 1 aliphatic heterocycles. The Morgan fingerprint density at radius 1 is 1.33 bits per heavy atom. The van der Waals surface area contributed by atoms with Crippen molar-refractivity contribution in [1.29, 1.82) is 5.26 Å². The number of allylic oxidation sites excluding steroid dienone is 2. The summed E-state index contributed by atoms with van der Waals surface area (Å²) in [6, 6.07) is 6.14. The number of esters is 1. The average molecular weight is 337 g/mol. The molecule has 0 amide bonds. The predicted octanol–water partition coefficient (Wildman–Crippen LogP) is 2.53. The third-order valence-electron chi connectivity index (χ3n) is 3.69. The Morgan fingerprint density at radius 2 is 1.92 bits per heavy atom. The molecule has 3 N–H and O–H groups in total. The van der Waals surface area contributed by atoms with Crippen LogP contribution in [0.25, 0.3) is 0 Å². The molecule has 8 heteroatoms. The van der Waals surface area contributed by atoms with E-state index in [0.29, 0.717) is 11.3 Å². The number of nitrogens with two attached hydrogens (primary N) is 1. The fraction of sp³-hybridized carbons (Fsp3) is 0.250. The third-order valence-corrected chi connectivity index (χ3v) is 3.69. The second-order valence-electron chi connectivity index (χ2n) is 5.15. The second kappa shape index (κ2) is 6.28. The van der Waals surface area contributed by atoms with Gasteiger partial charge in [-0.2, -0.15) is 18.4 Å². The van der Waals surface area contributed by atoms with Gasteiger partial charge in [0.15, 0.2) is 0 Å². The standard InChI is InChI=1S/C16H14F3N3O2/c1-8-12(15(23)24-2)13(11(7-20)14(21)22-8)9-3-5-10(6-4-9)16(17,18)19/h3-6,13,22H,21H2,1-2H3. The Morgan fingerprint density at radius 3 is 2.38 bits per heavy atom. The van der Waals surface area contributed by atoms with Crippen LogP contribution >= 0.6 is 0 Å². The molecular formula is C16H14F3N3O2. The lowest BCUT2D eigenvalue weighted by Crippen LogP contribution is -2.32. The molecular weight excluding hydrogens is 323 g/mol. The van der Waals surface area contributed by atoms with Crippen LogP contribution in [-0.4, -0.2) is 13.1 Å². The number of carbonyl (C=O) groups excluding carboxylic acids is 1. The van der Waals surface area contributed by atoms with E-state index in [-0.39, 0.29) is 17.0 Å². The second-order valence-corrected chi connectivity index (χ2v) is 5.15. The topological polar surface area (TPSA) is 88.1 Å². The number of methoxy groups -OCH3 is 1. The highest BCUT2D eigenvalue weighted by Gasteiger charge is 2.35. The van der Waals surface area contributed by atoms with Crippen molar-refractivity contribution in [2.24, 2.45) is 5.73 Å². The van der Waals surface area contributed by atoms with Crippen molar-refractivity contribution < 1.29 is 22.7 Å². The number of nitrogens with zero attached hydrogens (tertiary/aromatic N) is 1. The zero-order valence-corrected chi connectivity index (χ0v) is 12.9. The lowest BCUT2D eigenvalue weighted by atomic mass is 9.81. The van der Waals surface area contributed by atoms with E-state index in [0.717, 1.165) is 12.1 Å². The predicted molar refractivity (Wildman–Crippen MR) is 78.9 cm³/mol. The van der Waals surface area contributed by atoms with Crippen molar-refractivity contribution in [3.05, 3.63) is 58.1 Å². The van der Waals surface area contributed by atoms with Crippen LogP contribution in [0, 0.1) is 11.3 Å². The largest absolute Gasteiger partial charge is 0.466 e. The quantitative estimate of drug-likeness (QED) is 0.810. The number of hydrogen-bond donors (Lipinski definition) is 2. The van der Waals surface area contributed by atoms with Gasteiger partial charge in [-0.3, -0.25) is 0 Å². The summed E-state index contributed by atoms with van der Waals surface area (Å²) in [5, 5.41) is 12.1. The maximum absolute atomic E-state index is 12.7. The van der Waals surface area contributed by atoms with E-state index in [1.54, 1.807) is 6.92 Å². The summed E-state index contributed by atoms with van der Waals surface area (Å²) in [6.45, 7) is 1.57. The monoisotopic (exact) mass is 337 g/mol. The molecule has 0 bridgehead atoms. The Hall–Kier alpha value is -2.95. The molecule has 0 aliphatic carbocycles. The molecule has 1 aliphatic rings. The Kier molecular flexibility index (Phi) is 4.55. The zero-order chi connectivity index (χ0) is 18.1. The highest BCUT2D eigenvalue weighted by atomic mass is 19.4. The van der Waals surface area contributed by atoms with Gasteiger partial charge in [-0.05, 0) is 24.6 Å². The summed E-state index contributed by atoms with van der Waals surface area (Å²) in [5.41, 5.74) is 5.85. The Bertz CT molecular complexity index is 771. The first-order valence-corrected chi connectivity index (χ1v) is 6.83. The van der Waals surface area contributed by atoms with Crippen molar-refractivity contribution >= 4 is 5.97 Å². The molecule has 0 fully saturated rings. The first-order valence-electron chi connectivity index (χ1n) is 6.83. The minimum Gasteiger partial charge on any atom is -0.466 e. The van der Waals surface area contributed by atoms with Gasteiger partial charge in [-0.25, -0.2) is 4.79 Å². The lowest BCUT2D eigenvalue weighted by Gasteiger charge is -2.27. The average Bonchev–Trinajstić information content (AvgIpc) is 2.53. The van der Waals surface area contributed by atoms with Crippen molar-refractivity contribution in [1.82, 2.24) is 5.32 Å². The molecule has 0 radical (unpaired) electrons. The summed E-state index contributed by atoms with van der Waals surface area (Å²) >= 11 is 0. The highest BCUT2D eigenvalue weighted by molar-refractivity contribution is 5.92. The van der Waals surface area contributed by atoms with E-state index in [2.05, 4.69) is 5.32 Å². The van der Waals surface area contributed by atoms with Crippen molar-refractivity contribution in [2.75, 3.05) is 7.11 Å². The fourth-order valence-electron chi connectivity index (χ4n) is 2.56. The van der Waals surface area contributed by atoms with E-state index in [1.807, 2.05) is 6.07 Å². The van der Waals surface area contributed by atoms with Crippen LogP contribution < -0.4 is 11.1 Å². The number of hydrogen-bond acceptors (Lipinski definition) is 5. The molecule has 1 atom stereocenters. The van der Waals surface area contributed by atoms with E-state index < -0.39 is 23.6 Å². The van der Waals surface area contributed by atoms with Crippen LogP contribution in [0.4, 0.5) is 13.2 Å². The summed E-state index contributed by atoms with van der Waals surface area (Å²) in [4.78, 5) is 12.1. The summed E-state index contributed by atoms with van der Waals surface area (Å²) in [6.07, 6.45) is -4.48. The van der Waals surface area contributed by atoms with Crippen molar-refractivity contribution in [3.63, 3.8) is 0 Å². The maximum Gasteiger partial charge on any atom is 0.416 e. The van der Waals surface area contributed by atoms with Gasteiger partial charge in [-0.1, -0.05) is 12.1 Å². The Labute approximate surface area is 136 Å². The molecule has 0 spiro atoms. The van der Waals surface area contributed by atoms with Crippen LogP contribution in [0.5, 0.6) is 0 Å². The van der Waals surface area contributed by atoms with Crippen molar-refractivity contribution in [2.45, 2.75) is 19.0 Å². The number of ether oxygens (including phenoxy) is 1. The van der Waals surface area contributed by atoms with Gasteiger partial charge in [0.2, 0.25) is 0 Å². The lowest BCUT2D eigenvalue weighted by molar-refractivity contribution is -0.138. The van der Waals surface area contributed by atoms with E-state index in [4.69, 9.17) is 10.5 Å². The van der Waals surface area contributed by atoms with E-state index >= 15 is 0 Å². The molecule has 1 heterocycles. The normalized spacial score (nSPS) is 18.1. The number of benzene rings is 1. The fourth-order valence-corrected chi connectivity index (χ4v) is 2.56. The van der Waals surface area contributed by atoms with Crippen molar-refractivity contribution in [3.8, 4) is 6.07 Å². The van der Waals surface area contributed by atoms with Gasteiger partial charge >= 0.3 is 12.1 Å². The minimum atomic E-state index is -4.48. The van der Waals surface area contributed by atoms with Crippen LogP contribution in [0.1, 0.15) is 24.0 Å². The number of rotatable bonds is 2. The summed E-state index contributed by atoms with van der Waals surface area (Å²) in [5.74, 6) is -1.54. The minimum absolute atomic E-state index is 0.0424. The molecule has 126 valence electrons. The van der Waals surface area contributed by atoms with Crippen LogP contribution in [0.15, 0.2) is 46.9 Å². The summed E-state index contributed by atoms with van der Waals surface area (Å²) in [7, 11) is 1.18. The van der Waals surface area contributed by atoms with Gasteiger partial charge < -0.3 is 15.8 Å². The third kappa shape index (κ3) is 3.06. The number of halogens is 3. The molecule has 5 nitrogen and oxygen atoms in total. The number of nitrogens with one attached hydrogen (secondary N) is 1. The Balaban J connectivity index is 2.59. The number of dihydropyridines is 1. The first kappa shape index (κ1) is 17.4. The van der Waals surface area contributed by atoms with E-state index in [1.165, 1.54) is 19.2 Å². The van der Waals surface area contributed by atoms with E-state index in [9.17, 15) is 23.2 Å². The molecule has 1 aromatic carbocycles. The maximum atomic E-state index is 12.7. The molecule has 0 saturated heterocycles. The SMILES string of the molecule is COC(=O)C1=C(C)NC(N)=C(C#N)C1c1ccc(C(F)(F)F)cc1. The smallest absolute Gasteiger partial charge is 0.416 e. The zero-order valence-electron chi connectivity index (χ0n) is 12.9. The highest BCUT2D eigenvalue weighted by Crippen LogP contribution is 2.38. The first-order chi connectivity index (χ1) is 11.2. The van der Waals surface area contributed by atoms with Gasteiger partial charge in [0.1, 0.15) is 5.82 Å². The summed E-state index contributed by atoms with van der Waals surface area (Å²) < 4.78 is 42.9. The number of alkyl halides is 3. The van der Waals surface area contributed by atoms with Gasteiger partial charge in [0.25, 0.3) is 0 Å². The molecule has 2 rings (SSSR count).